The highest BCUT2D eigenvalue weighted by Crippen LogP contribution is 2.19. The molecule has 0 aliphatic carbocycles. The topological polar surface area (TPSA) is 55.1 Å². The highest BCUT2D eigenvalue weighted by molar-refractivity contribution is 6.34. The fraction of sp³-hybridized carbons (Fsp3) is 0.300. The van der Waals surface area contributed by atoms with E-state index in [9.17, 15) is 4.79 Å². The normalized spacial score (nSPS) is 12.5. The van der Waals surface area contributed by atoms with Crippen LogP contribution in [0.1, 0.15) is 5.56 Å². The first-order chi connectivity index (χ1) is 7.02. The SMILES string of the molecule is CN[C@@H](Cc1cc(Cl)cc(Cl)c1)C(N)=O. The molecule has 82 valence electrons. The molecule has 0 heterocycles. The van der Waals surface area contributed by atoms with Crippen molar-refractivity contribution in [3.05, 3.63) is 33.8 Å². The first-order valence-electron chi connectivity index (χ1n) is 4.44. The summed E-state index contributed by atoms with van der Waals surface area (Å²) in [7, 11) is 1.68. The monoisotopic (exact) mass is 246 g/mol. The third kappa shape index (κ3) is 3.70. The molecule has 3 N–H and O–H groups in total. The van der Waals surface area contributed by atoms with Gasteiger partial charge in [0.05, 0.1) is 6.04 Å². The maximum atomic E-state index is 11.0. The minimum Gasteiger partial charge on any atom is -0.368 e. The summed E-state index contributed by atoms with van der Waals surface area (Å²) in [5.74, 6) is -0.395. The predicted molar refractivity (Wildman–Crippen MR) is 62.2 cm³/mol. The zero-order chi connectivity index (χ0) is 11.4. The van der Waals surface area contributed by atoms with Crippen LogP contribution < -0.4 is 11.1 Å². The van der Waals surface area contributed by atoms with Crippen molar-refractivity contribution in [3.8, 4) is 0 Å². The molecule has 0 aromatic heterocycles. The van der Waals surface area contributed by atoms with Gasteiger partial charge in [-0.2, -0.15) is 0 Å². The second kappa shape index (κ2) is 5.35. The number of rotatable bonds is 4. The first kappa shape index (κ1) is 12.3. The zero-order valence-electron chi connectivity index (χ0n) is 8.26. The Bertz CT molecular complexity index is 348. The molecule has 0 saturated carbocycles. The van der Waals surface area contributed by atoms with Gasteiger partial charge in [0.1, 0.15) is 0 Å². The number of hydrogen-bond donors (Lipinski definition) is 2. The zero-order valence-corrected chi connectivity index (χ0v) is 9.77. The van der Waals surface area contributed by atoms with Crippen molar-refractivity contribution in [1.29, 1.82) is 0 Å². The van der Waals surface area contributed by atoms with Gasteiger partial charge in [-0.1, -0.05) is 23.2 Å². The summed E-state index contributed by atoms with van der Waals surface area (Å²) in [6, 6.07) is 4.77. The average molecular weight is 247 g/mol. The molecule has 5 heteroatoms. The molecule has 1 aromatic rings. The molecule has 0 saturated heterocycles. The van der Waals surface area contributed by atoms with Gasteiger partial charge >= 0.3 is 0 Å². The van der Waals surface area contributed by atoms with E-state index in [1.807, 2.05) is 0 Å². The minimum atomic E-state index is -0.403. The summed E-state index contributed by atoms with van der Waals surface area (Å²) < 4.78 is 0. The van der Waals surface area contributed by atoms with E-state index >= 15 is 0 Å². The summed E-state index contributed by atoms with van der Waals surface area (Å²) in [5, 5.41) is 3.93. The van der Waals surface area contributed by atoms with Crippen LogP contribution in [-0.4, -0.2) is 19.0 Å². The molecule has 0 aliphatic heterocycles. The van der Waals surface area contributed by atoms with Crippen LogP contribution in [0.15, 0.2) is 18.2 Å². The van der Waals surface area contributed by atoms with E-state index in [1.54, 1.807) is 25.2 Å². The molecular weight excluding hydrogens is 235 g/mol. The summed E-state index contributed by atoms with van der Waals surface area (Å²) in [6.07, 6.45) is 0.478. The molecule has 1 aromatic carbocycles. The number of halogens is 2. The Labute approximate surface area is 98.5 Å². The average Bonchev–Trinajstić information content (AvgIpc) is 2.12. The molecule has 0 bridgehead atoms. The Balaban J connectivity index is 2.83. The van der Waals surface area contributed by atoms with Crippen LogP contribution in [0.5, 0.6) is 0 Å². The summed E-state index contributed by atoms with van der Waals surface area (Å²) in [4.78, 5) is 11.0. The Morgan fingerprint density at radius 2 is 1.93 bits per heavy atom. The lowest BCUT2D eigenvalue weighted by Gasteiger charge is -2.12. The number of nitrogens with one attached hydrogen (secondary N) is 1. The number of carbonyl (C=O) groups is 1. The lowest BCUT2D eigenvalue weighted by Crippen LogP contribution is -2.40. The van der Waals surface area contributed by atoms with E-state index in [4.69, 9.17) is 28.9 Å². The van der Waals surface area contributed by atoms with Crippen LogP contribution in [0.2, 0.25) is 10.0 Å². The van der Waals surface area contributed by atoms with Gasteiger partial charge in [-0.3, -0.25) is 4.79 Å². The molecule has 15 heavy (non-hydrogen) atoms. The van der Waals surface area contributed by atoms with E-state index in [0.717, 1.165) is 5.56 Å². The van der Waals surface area contributed by atoms with Crippen LogP contribution in [0.3, 0.4) is 0 Å². The van der Waals surface area contributed by atoms with Gasteiger partial charge in [-0.05, 0) is 37.2 Å². The van der Waals surface area contributed by atoms with Crippen molar-refractivity contribution in [2.45, 2.75) is 12.5 Å². The van der Waals surface area contributed by atoms with Gasteiger partial charge in [0.2, 0.25) is 5.91 Å². The Hall–Kier alpha value is -0.770. The van der Waals surface area contributed by atoms with Crippen molar-refractivity contribution in [1.82, 2.24) is 5.32 Å². The number of amides is 1. The molecule has 0 unspecified atom stereocenters. The number of likely N-dealkylation sites (N-methyl/N-ethyl adjacent to an activating group) is 1. The quantitative estimate of drug-likeness (QED) is 0.849. The van der Waals surface area contributed by atoms with Crippen molar-refractivity contribution >= 4 is 29.1 Å². The summed E-state index contributed by atoms with van der Waals surface area (Å²) in [5.41, 5.74) is 6.08. The third-order valence-electron chi connectivity index (χ3n) is 2.05. The second-order valence-electron chi connectivity index (χ2n) is 3.23. The Morgan fingerprint density at radius 3 is 2.33 bits per heavy atom. The minimum absolute atomic E-state index is 0.395. The fourth-order valence-electron chi connectivity index (χ4n) is 1.31. The van der Waals surface area contributed by atoms with Crippen LogP contribution in [0.4, 0.5) is 0 Å². The summed E-state index contributed by atoms with van der Waals surface area (Å²) in [6.45, 7) is 0. The van der Waals surface area contributed by atoms with E-state index < -0.39 is 11.9 Å². The third-order valence-corrected chi connectivity index (χ3v) is 2.49. The Kier molecular flexibility index (Phi) is 4.39. The van der Waals surface area contributed by atoms with Crippen LogP contribution in [-0.2, 0) is 11.2 Å². The number of nitrogens with two attached hydrogens (primary N) is 1. The number of benzene rings is 1. The number of hydrogen-bond acceptors (Lipinski definition) is 2. The molecule has 3 nitrogen and oxygen atoms in total. The van der Waals surface area contributed by atoms with Gasteiger partial charge in [0.15, 0.2) is 0 Å². The molecule has 0 fully saturated rings. The van der Waals surface area contributed by atoms with Gasteiger partial charge < -0.3 is 11.1 Å². The smallest absolute Gasteiger partial charge is 0.234 e. The Morgan fingerprint density at radius 1 is 1.40 bits per heavy atom. The molecule has 0 radical (unpaired) electrons. The van der Waals surface area contributed by atoms with Gasteiger partial charge in [-0.25, -0.2) is 0 Å². The maximum absolute atomic E-state index is 11.0. The molecule has 1 atom stereocenters. The molecule has 0 aliphatic rings. The highest BCUT2D eigenvalue weighted by atomic mass is 35.5. The van der Waals surface area contributed by atoms with E-state index in [-0.39, 0.29) is 0 Å². The van der Waals surface area contributed by atoms with Crippen LogP contribution in [0, 0.1) is 0 Å². The molecule has 1 rings (SSSR count). The fourth-order valence-corrected chi connectivity index (χ4v) is 1.88. The highest BCUT2D eigenvalue weighted by Gasteiger charge is 2.13. The predicted octanol–water partition coefficient (Wildman–Crippen LogP) is 1.61. The van der Waals surface area contributed by atoms with Crippen molar-refractivity contribution in [2.24, 2.45) is 5.73 Å². The van der Waals surface area contributed by atoms with Crippen LogP contribution >= 0.6 is 23.2 Å². The van der Waals surface area contributed by atoms with E-state index in [1.165, 1.54) is 0 Å². The molecular formula is C10H12Cl2N2O. The van der Waals surface area contributed by atoms with Crippen molar-refractivity contribution < 1.29 is 4.79 Å². The number of carbonyl (C=O) groups excluding carboxylic acids is 1. The number of primary amides is 1. The lowest BCUT2D eigenvalue weighted by molar-refractivity contribution is -0.119. The van der Waals surface area contributed by atoms with Crippen molar-refractivity contribution in [3.63, 3.8) is 0 Å². The van der Waals surface area contributed by atoms with Crippen LogP contribution in [0.25, 0.3) is 0 Å². The maximum Gasteiger partial charge on any atom is 0.234 e. The van der Waals surface area contributed by atoms with Crippen molar-refractivity contribution in [2.75, 3.05) is 7.05 Å². The van der Waals surface area contributed by atoms with E-state index in [2.05, 4.69) is 5.32 Å². The molecule has 1 amide bonds. The first-order valence-corrected chi connectivity index (χ1v) is 5.20. The standard InChI is InChI=1S/C10H12Cl2N2O/c1-14-9(10(13)15)4-6-2-7(11)5-8(12)3-6/h2-3,5,9,14H,4H2,1H3,(H2,13,15)/t9-/m0/s1. The van der Waals surface area contributed by atoms with Gasteiger partial charge in [-0.15, -0.1) is 0 Å². The van der Waals surface area contributed by atoms with Gasteiger partial charge in [0, 0.05) is 10.0 Å². The largest absolute Gasteiger partial charge is 0.368 e. The summed E-state index contributed by atoms with van der Waals surface area (Å²) >= 11 is 11.7. The second-order valence-corrected chi connectivity index (χ2v) is 4.10. The molecule has 0 spiro atoms. The lowest BCUT2D eigenvalue weighted by atomic mass is 10.1. The van der Waals surface area contributed by atoms with Gasteiger partial charge in [0.25, 0.3) is 0 Å². The van der Waals surface area contributed by atoms with E-state index in [0.29, 0.717) is 16.5 Å².